The van der Waals surface area contributed by atoms with E-state index in [-0.39, 0.29) is 30.5 Å². The predicted octanol–water partition coefficient (Wildman–Crippen LogP) is 5.33. The molecule has 1 aliphatic carbocycles. The minimum atomic E-state index is -0.565. The lowest BCUT2D eigenvalue weighted by atomic mass is 9.72. The van der Waals surface area contributed by atoms with Crippen LogP contribution >= 0.6 is 0 Å². The van der Waals surface area contributed by atoms with E-state index in [2.05, 4.69) is 10.3 Å². The van der Waals surface area contributed by atoms with Gasteiger partial charge in [-0.2, -0.15) is 0 Å². The summed E-state index contributed by atoms with van der Waals surface area (Å²) in [5.74, 6) is -0.758. The fourth-order valence-electron chi connectivity index (χ4n) is 5.12. The third-order valence-electron chi connectivity index (χ3n) is 6.96. The predicted molar refractivity (Wildman–Crippen MR) is 136 cm³/mol. The lowest BCUT2D eigenvalue weighted by molar-refractivity contribution is -0.140. The standard InChI is InChI=1S/C30H27FN2O4/c1-18-27(30(35)37-17-19-3-9-24(36-2)10-4-19)28(21-11-13-32-14-12-21)29-25(33-18)15-22(16-26(29)34)20-5-7-23(31)8-6-20/h3-14,22,28,33H,15-17H2,1-2H3/t22-,28-/m0/s1. The summed E-state index contributed by atoms with van der Waals surface area (Å²) in [6.07, 6.45) is 4.17. The van der Waals surface area contributed by atoms with Crippen LogP contribution in [0.2, 0.25) is 0 Å². The average Bonchev–Trinajstić information content (AvgIpc) is 2.92. The van der Waals surface area contributed by atoms with Crippen molar-refractivity contribution in [1.82, 2.24) is 10.3 Å². The Morgan fingerprint density at radius 3 is 2.38 bits per heavy atom. The highest BCUT2D eigenvalue weighted by Crippen LogP contribution is 2.45. The summed E-state index contributed by atoms with van der Waals surface area (Å²) < 4.78 is 24.4. The van der Waals surface area contributed by atoms with Gasteiger partial charge in [-0.05, 0) is 72.4 Å². The Hall–Kier alpha value is -4.26. The number of hydrogen-bond acceptors (Lipinski definition) is 6. The molecular weight excluding hydrogens is 471 g/mol. The van der Waals surface area contributed by atoms with E-state index in [0.29, 0.717) is 23.3 Å². The van der Waals surface area contributed by atoms with E-state index in [0.717, 1.165) is 28.1 Å². The molecule has 0 saturated heterocycles. The molecule has 2 aliphatic rings. The van der Waals surface area contributed by atoms with Gasteiger partial charge in [-0.25, -0.2) is 9.18 Å². The molecule has 0 unspecified atom stereocenters. The molecule has 0 saturated carbocycles. The molecule has 7 heteroatoms. The zero-order chi connectivity index (χ0) is 25.9. The molecule has 0 bridgehead atoms. The monoisotopic (exact) mass is 498 g/mol. The van der Waals surface area contributed by atoms with Gasteiger partial charge >= 0.3 is 5.97 Å². The molecule has 2 heterocycles. The number of dihydropyridines is 1. The molecule has 3 aromatic rings. The van der Waals surface area contributed by atoms with Crippen LogP contribution in [0, 0.1) is 5.82 Å². The summed E-state index contributed by atoms with van der Waals surface area (Å²) >= 11 is 0. The lowest BCUT2D eigenvalue weighted by Gasteiger charge is -2.36. The van der Waals surface area contributed by atoms with Crippen LogP contribution in [0.25, 0.3) is 0 Å². The van der Waals surface area contributed by atoms with E-state index < -0.39 is 11.9 Å². The number of carbonyl (C=O) groups is 2. The van der Waals surface area contributed by atoms with Gasteiger partial charge in [0, 0.05) is 41.7 Å². The van der Waals surface area contributed by atoms with Crippen LogP contribution in [0.5, 0.6) is 5.75 Å². The molecule has 5 rings (SSSR count). The number of benzene rings is 2. The molecule has 0 fully saturated rings. The highest BCUT2D eigenvalue weighted by Gasteiger charge is 2.41. The summed E-state index contributed by atoms with van der Waals surface area (Å²) in [7, 11) is 1.59. The smallest absolute Gasteiger partial charge is 0.337 e. The van der Waals surface area contributed by atoms with E-state index in [1.165, 1.54) is 12.1 Å². The quantitative estimate of drug-likeness (QED) is 0.463. The summed E-state index contributed by atoms with van der Waals surface area (Å²) in [4.78, 5) is 31.2. The van der Waals surface area contributed by atoms with Crippen molar-refractivity contribution in [2.45, 2.75) is 38.2 Å². The van der Waals surface area contributed by atoms with Crippen LogP contribution in [0.4, 0.5) is 4.39 Å². The number of nitrogens with zero attached hydrogens (tertiary/aromatic N) is 1. The van der Waals surface area contributed by atoms with Crippen molar-refractivity contribution in [1.29, 1.82) is 0 Å². The molecule has 2 aromatic carbocycles. The third kappa shape index (κ3) is 5.03. The number of halogens is 1. The SMILES string of the molecule is COc1ccc(COC(=O)C2=C(C)NC3=C(C(=O)C[C@@H](c4ccc(F)cc4)C3)[C@H]2c2ccncc2)cc1. The minimum Gasteiger partial charge on any atom is -0.497 e. The number of Topliss-reactive ketones (excluding diaryl/α,β-unsaturated/α-hetero) is 1. The molecule has 188 valence electrons. The first-order chi connectivity index (χ1) is 17.9. The number of carbonyl (C=O) groups excluding carboxylic acids is 2. The maximum absolute atomic E-state index is 13.6. The maximum Gasteiger partial charge on any atom is 0.337 e. The largest absolute Gasteiger partial charge is 0.497 e. The van der Waals surface area contributed by atoms with Crippen molar-refractivity contribution in [3.8, 4) is 5.75 Å². The minimum absolute atomic E-state index is 0.0437. The van der Waals surface area contributed by atoms with Crippen LogP contribution in [-0.4, -0.2) is 23.8 Å². The summed E-state index contributed by atoms with van der Waals surface area (Å²) in [5.41, 5.74) is 4.96. The van der Waals surface area contributed by atoms with Crippen LogP contribution in [0.15, 0.2) is 95.6 Å². The number of allylic oxidation sites excluding steroid dienone is 3. The fraction of sp³-hybridized carbons (Fsp3) is 0.233. The van der Waals surface area contributed by atoms with E-state index in [9.17, 15) is 14.0 Å². The Balaban J connectivity index is 1.45. The van der Waals surface area contributed by atoms with Gasteiger partial charge in [0.2, 0.25) is 0 Å². The third-order valence-corrected chi connectivity index (χ3v) is 6.96. The number of rotatable bonds is 6. The summed E-state index contributed by atoms with van der Waals surface area (Å²) in [6.45, 7) is 1.92. The second kappa shape index (κ2) is 10.4. The molecule has 0 amide bonds. The topological polar surface area (TPSA) is 77.5 Å². The van der Waals surface area contributed by atoms with Gasteiger partial charge in [0.05, 0.1) is 12.7 Å². The van der Waals surface area contributed by atoms with E-state index in [4.69, 9.17) is 9.47 Å². The Bertz CT molecular complexity index is 1380. The number of esters is 1. The molecule has 37 heavy (non-hydrogen) atoms. The highest BCUT2D eigenvalue weighted by molar-refractivity contribution is 6.04. The van der Waals surface area contributed by atoms with Gasteiger partial charge in [-0.1, -0.05) is 24.3 Å². The lowest BCUT2D eigenvalue weighted by Crippen LogP contribution is -2.36. The first kappa shape index (κ1) is 24.4. The second-order valence-electron chi connectivity index (χ2n) is 9.27. The molecular formula is C30H27FN2O4. The van der Waals surface area contributed by atoms with Crippen LogP contribution in [0.3, 0.4) is 0 Å². The van der Waals surface area contributed by atoms with E-state index in [1.54, 1.807) is 31.6 Å². The molecule has 1 aliphatic heterocycles. The van der Waals surface area contributed by atoms with Gasteiger partial charge in [-0.3, -0.25) is 9.78 Å². The zero-order valence-electron chi connectivity index (χ0n) is 20.7. The van der Waals surface area contributed by atoms with Crippen molar-refractivity contribution in [2.75, 3.05) is 7.11 Å². The first-order valence-electron chi connectivity index (χ1n) is 12.1. The van der Waals surface area contributed by atoms with Crippen LogP contribution in [0.1, 0.15) is 48.3 Å². The van der Waals surface area contributed by atoms with Gasteiger partial charge in [-0.15, -0.1) is 0 Å². The van der Waals surface area contributed by atoms with Crippen molar-refractivity contribution in [2.24, 2.45) is 0 Å². The number of methoxy groups -OCH3 is 1. The van der Waals surface area contributed by atoms with Gasteiger partial charge in [0.15, 0.2) is 5.78 Å². The number of pyridine rings is 1. The van der Waals surface area contributed by atoms with Crippen molar-refractivity contribution in [3.05, 3.63) is 118 Å². The summed E-state index contributed by atoms with van der Waals surface area (Å²) in [6, 6.07) is 17.2. The maximum atomic E-state index is 13.6. The molecule has 1 aromatic heterocycles. The number of nitrogens with one attached hydrogen (secondary N) is 1. The Kier molecular flexibility index (Phi) is 6.86. The molecule has 1 N–H and O–H groups in total. The van der Waals surface area contributed by atoms with Crippen LogP contribution in [-0.2, 0) is 20.9 Å². The fourth-order valence-corrected chi connectivity index (χ4v) is 5.12. The van der Waals surface area contributed by atoms with E-state index in [1.807, 2.05) is 43.3 Å². The number of ketones is 1. The van der Waals surface area contributed by atoms with Crippen LogP contribution < -0.4 is 10.1 Å². The molecule has 2 atom stereocenters. The highest BCUT2D eigenvalue weighted by atomic mass is 19.1. The molecule has 0 radical (unpaired) electrons. The Morgan fingerprint density at radius 1 is 1.00 bits per heavy atom. The normalized spacial score (nSPS) is 19.3. The Labute approximate surface area is 214 Å². The number of hydrogen-bond donors (Lipinski definition) is 1. The van der Waals surface area contributed by atoms with E-state index >= 15 is 0 Å². The van der Waals surface area contributed by atoms with Crippen molar-refractivity contribution < 1.29 is 23.5 Å². The zero-order valence-corrected chi connectivity index (χ0v) is 20.7. The van der Waals surface area contributed by atoms with Crippen molar-refractivity contribution >= 4 is 11.8 Å². The molecule has 0 spiro atoms. The number of ether oxygens (including phenoxy) is 2. The van der Waals surface area contributed by atoms with Crippen molar-refractivity contribution in [3.63, 3.8) is 0 Å². The summed E-state index contributed by atoms with van der Waals surface area (Å²) in [5, 5.41) is 3.34. The van der Waals surface area contributed by atoms with Gasteiger partial charge in [0.25, 0.3) is 0 Å². The van der Waals surface area contributed by atoms with Gasteiger partial charge in [0.1, 0.15) is 18.2 Å². The second-order valence-corrected chi connectivity index (χ2v) is 9.27. The average molecular weight is 499 g/mol. The Morgan fingerprint density at radius 2 is 1.70 bits per heavy atom. The van der Waals surface area contributed by atoms with Gasteiger partial charge < -0.3 is 14.8 Å². The first-order valence-corrected chi connectivity index (χ1v) is 12.1. The number of aromatic nitrogens is 1. The molecule has 6 nitrogen and oxygen atoms in total.